The average Bonchev–Trinajstić information content (AvgIpc) is 4.09. The monoisotopic (exact) mass is 1100 g/mol. The second-order valence-electron chi connectivity index (χ2n) is 22.5. The van der Waals surface area contributed by atoms with Crippen LogP contribution < -0.4 is 20.4 Å². The minimum absolute atomic E-state index is 0.0210. The van der Waals surface area contributed by atoms with Crippen LogP contribution >= 0.6 is 22.7 Å². The second kappa shape index (κ2) is 24.9. The van der Waals surface area contributed by atoms with Crippen molar-refractivity contribution in [1.82, 2.24) is 30.2 Å². The van der Waals surface area contributed by atoms with Gasteiger partial charge in [-0.3, -0.25) is 40.5 Å². The number of aliphatic hydroxyl groups excluding tert-OH is 2. The van der Waals surface area contributed by atoms with Gasteiger partial charge >= 0.3 is 12.1 Å². The van der Waals surface area contributed by atoms with Crippen LogP contribution in [0.4, 0.5) is 54.0 Å². The Bertz CT molecular complexity index is 2490. The van der Waals surface area contributed by atoms with Crippen LogP contribution in [0.15, 0.2) is 24.3 Å². The van der Waals surface area contributed by atoms with Gasteiger partial charge in [0.25, 0.3) is 22.7 Å². The first-order valence-electron chi connectivity index (χ1n) is 24.4. The van der Waals surface area contributed by atoms with Crippen molar-refractivity contribution in [2.24, 2.45) is 0 Å². The van der Waals surface area contributed by atoms with Crippen molar-refractivity contribution in [3.05, 3.63) is 85.9 Å². The zero-order chi connectivity index (χ0) is 58.3. The van der Waals surface area contributed by atoms with E-state index in [1.54, 1.807) is 14.1 Å². The lowest BCUT2D eigenvalue weighted by Crippen LogP contribution is -2.34. The molecule has 0 aliphatic carbocycles. The number of nitro benzene ring substituents is 4. The highest BCUT2D eigenvalue weighted by Gasteiger charge is 2.40. The van der Waals surface area contributed by atoms with Crippen LogP contribution in [0.2, 0.25) is 0 Å². The molecule has 4 N–H and O–H groups in total. The van der Waals surface area contributed by atoms with E-state index in [1.807, 2.05) is 111 Å². The molecule has 2 aromatic heterocycles. The third kappa shape index (κ3) is 16.1. The lowest BCUT2D eigenvalue weighted by atomic mass is 9.86. The number of nitrogens with one attached hydrogen (secondary N) is 2. The Hall–Kier alpha value is -6.78. The van der Waals surface area contributed by atoms with Crippen molar-refractivity contribution in [1.29, 1.82) is 0 Å². The number of nitrogens with zero attached hydrogens (tertiary/aromatic N) is 12. The maximum absolute atomic E-state index is 11.8. The summed E-state index contributed by atoms with van der Waals surface area (Å²) in [6.45, 7) is 31.4. The zero-order valence-electron chi connectivity index (χ0n) is 46.6. The fourth-order valence-electron chi connectivity index (χ4n) is 6.74. The Balaban J connectivity index is 0.000000268. The lowest BCUT2D eigenvalue weighted by molar-refractivity contribution is -0.392. The van der Waals surface area contributed by atoms with Gasteiger partial charge in [-0.05, 0) is 48.6 Å². The summed E-state index contributed by atoms with van der Waals surface area (Å²) in [5, 5.41) is 89.2. The summed E-state index contributed by atoms with van der Waals surface area (Å²) in [6, 6.07) is 4.99. The predicted octanol–water partition coefficient (Wildman–Crippen LogP) is 10.1. The minimum atomic E-state index is -0.840. The van der Waals surface area contributed by atoms with Crippen LogP contribution in [0, 0.1) is 40.5 Å². The highest BCUT2D eigenvalue weighted by molar-refractivity contribution is 7.15. The molecule has 0 saturated carbocycles. The van der Waals surface area contributed by atoms with Crippen molar-refractivity contribution in [2.75, 3.05) is 47.6 Å². The molecule has 4 amide bonds. The summed E-state index contributed by atoms with van der Waals surface area (Å²) in [5.74, 6) is 0. The number of carbonyl (C=O) groups excluding carboxylic acids is 2. The molecule has 4 aromatic rings. The number of aliphatic hydroxyl groups is 2. The average molecular weight is 1100 g/mol. The molecule has 2 aromatic carbocycles. The number of anilines is 4. The molecule has 4 unspecified atom stereocenters. The Morgan fingerprint density at radius 3 is 0.987 bits per heavy atom. The van der Waals surface area contributed by atoms with Crippen LogP contribution in [0.25, 0.3) is 0 Å². The first-order chi connectivity index (χ1) is 34.8. The number of amides is 4. The highest BCUT2D eigenvalue weighted by atomic mass is 32.1. The number of carbonyl (C=O) groups is 2. The molecule has 2 aliphatic rings. The van der Waals surface area contributed by atoms with Crippen LogP contribution in [-0.4, -0.2) is 124 Å². The van der Waals surface area contributed by atoms with E-state index >= 15 is 0 Å². The van der Waals surface area contributed by atoms with Gasteiger partial charge in [0.05, 0.1) is 32.8 Å². The third-order valence-electron chi connectivity index (χ3n) is 11.8. The highest BCUT2D eigenvalue weighted by Crippen LogP contribution is 2.42. The Labute approximate surface area is 450 Å². The van der Waals surface area contributed by atoms with Crippen LogP contribution in [0.1, 0.15) is 145 Å². The van der Waals surface area contributed by atoms with Gasteiger partial charge in [-0.15, -0.1) is 20.4 Å². The van der Waals surface area contributed by atoms with E-state index in [-0.39, 0.29) is 69.1 Å². The topological polar surface area (TPSA) is 336 Å². The van der Waals surface area contributed by atoms with Gasteiger partial charge in [0, 0.05) is 61.3 Å². The summed E-state index contributed by atoms with van der Waals surface area (Å²) >= 11 is 2.69. The zero-order valence-corrected chi connectivity index (χ0v) is 48.2. The first-order valence-corrected chi connectivity index (χ1v) is 26.0. The molecule has 2 fully saturated rings. The Kier molecular flexibility index (Phi) is 20.8. The van der Waals surface area contributed by atoms with Gasteiger partial charge < -0.3 is 30.6 Å². The first kappa shape index (κ1) is 63.5. The number of β-amino-alcohol motifs (C(OH)–C–C–N with tert-alkyl or cyclic N) is 2. The molecule has 2 saturated heterocycles. The maximum atomic E-state index is 11.8. The Morgan fingerprint density at radius 2 is 0.816 bits per heavy atom. The molecule has 26 nitrogen and oxygen atoms in total. The van der Waals surface area contributed by atoms with Crippen molar-refractivity contribution < 1.29 is 39.5 Å². The van der Waals surface area contributed by atoms with E-state index < -0.39 is 43.0 Å². The predicted molar refractivity (Wildman–Crippen MR) is 294 cm³/mol. The molecule has 4 atom stereocenters. The lowest BCUT2D eigenvalue weighted by Gasteiger charge is -2.20. The second-order valence-corrected chi connectivity index (χ2v) is 24.4. The van der Waals surface area contributed by atoms with Crippen LogP contribution in [0.3, 0.4) is 0 Å². The molecule has 4 heterocycles. The number of hydrogen-bond acceptors (Lipinski definition) is 20. The molecule has 6 rings (SSSR count). The summed E-state index contributed by atoms with van der Waals surface area (Å²) in [6.07, 6.45) is -0.272. The van der Waals surface area contributed by atoms with Crippen molar-refractivity contribution >= 4 is 79.1 Å². The Morgan fingerprint density at radius 1 is 0.553 bits per heavy atom. The van der Waals surface area contributed by atoms with Crippen molar-refractivity contribution in [2.45, 2.75) is 170 Å². The molecule has 420 valence electrons. The van der Waals surface area contributed by atoms with E-state index in [2.05, 4.69) is 31.0 Å². The standard InChI is InChI=1S/2C14H21N3O4.2C10H16N4O2S/c2*1-6-9(2)15-13-11(16(18)19)7-10(14(3,4)5)8-12(13)17(20)21;2*1-10(2,3)7-11-12-8(17-7)14-6(15)5-13(4)9(14)16/h2*7-9,15H,6H2,1-5H3;2*6,15H,5H2,1-4H3. The van der Waals surface area contributed by atoms with Crippen molar-refractivity contribution in [3.63, 3.8) is 0 Å². The van der Waals surface area contributed by atoms with E-state index in [9.17, 15) is 60.3 Å². The molecular formula is C48H74N14O12S2. The summed E-state index contributed by atoms with van der Waals surface area (Å²) in [5.41, 5.74) is -0.960. The van der Waals surface area contributed by atoms with Gasteiger partial charge in [-0.2, -0.15) is 0 Å². The number of benzene rings is 2. The SMILES string of the molecule is CCC(C)Nc1c([N+](=O)[O-])cc(C(C)(C)C)cc1[N+](=O)[O-].CCC(C)Nc1c([N+](=O)[O-])cc(C(C)(C)C)cc1[N+](=O)[O-].CN1CC(O)N(c2nnc(C(C)(C)C)s2)C1=O.CN1CC(O)N(c2nnc(C(C)(C)C)s2)C1=O. The molecular weight excluding hydrogens is 1030 g/mol. The van der Waals surface area contributed by atoms with Crippen LogP contribution in [-0.2, 0) is 21.7 Å². The number of rotatable bonds is 12. The molecule has 0 radical (unpaired) electrons. The summed E-state index contributed by atoms with van der Waals surface area (Å²) < 4.78 is 0. The molecule has 2 aliphatic heterocycles. The van der Waals surface area contributed by atoms with Gasteiger partial charge in [0.1, 0.15) is 10.0 Å². The quantitative estimate of drug-likeness (QED) is 0.0756. The number of nitro groups is 4. The smallest absolute Gasteiger partial charge is 0.328 e. The molecule has 0 bridgehead atoms. The number of likely N-dealkylation sites (N-methyl/N-ethyl adjacent to an activating group) is 2. The number of urea groups is 2. The molecule has 76 heavy (non-hydrogen) atoms. The van der Waals surface area contributed by atoms with E-state index in [0.29, 0.717) is 47.3 Å². The van der Waals surface area contributed by atoms with Gasteiger partial charge in [0.2, 0.25) is 10.3 Å². The van der Waals surface area contributed by atoms with Gasteiger partial charge in [0.15, 0.2) is 23.8 Å². The third-order valence-corrected chi connectivity index (χ3v) is 14.5. The normalized spacial score (nSPS) is 16.7. The van der Waals surface area contributed by atoms with E-state index in [0.717, 1.165) is 10.0 Å². The van der Waals surface area contributed by atoms with Gasteiger partial charge in [-0.1, -0.05) is 120 Å². The van der Waals surface area contributed by atoms with E-state index in [1.165, 1.54) is 66.5 Å². The minimum Gasteiger partial charge on any atom is -0.371 e. The largest absolute Gasteiger partial charge is 0.371 e. The van der Waals surface area contributed by atoms with E-state index in [4.69, 9.17) is 0 Å². The molecule has 0 spiro atoms. The summed E-state index contributed by atoms with van der Waals surface area (Å²) in [4.78, 5) is 72.0. The van der Waals surface area contributed by atoms with Gasteiger partial charge in [-0.25, -0.2) is 19.4 Å². The summed E-state index contributed by atoms with van der Waals surface area (Å²) in [7, 11) is 3.30. The number of aromatic nitrogens is 4. The number of hydrogen-bond donors (Lipinski definition) is 4. The molecule has 28 heteroatoms. The fraction of sp³-hybridized carbons (Fsp3) is 0.625. The maximum Gasteiger partial charge on any atom is 0.328 e. The van der Waals surface area contributed by atoms with Crippen LogP contribution in [0.5, 0.6) is 0 Å². The van der Waals surface area contributed by atoms with Crippen molar-refractivity contribution in [3.8, 4) is 0 Å². The fourth-order valence-corrected chi connectivity index (χ4v) is 8.62.